The van der Waals surface area contributed by atoms with Crippen LogP contribution in [-0.2, 0) is 19.1 Å². The normalized spacial score (nSPS) is 16.3. The van der Waals surface area contributed by atoms with Crippen LogP contribution in [0.3, 0.4) is 0 Å². The van der Waals surface area contributed by atoms with Crippen molar-refractivity contribution >= 4 is 11.9 Å². The molecule has 1 atom stereocenters. The molecule has 1 aliphatic carbocycles. The highest BCUT2D eigenvalue weighted by Gasteiger charge is 2.34. The highest BCUT2D eigenvalue weighted by Crippen LogP contribution is 2.35. The van der Waals surface area contributed by atoms with E-state index in [0.717, 1.165) is 12.8 Å². The quantitative estimate of drug-likeness (QED) is 0.647. The average Bonchev–Trinajstić information content (AvgIpc) is 3.12. The Hall–Kier alpha value is -1.14. The molecule has 1 unspecified atom stereocenters. The molecular weight excluding hydrogens is 238 g/mol. The predicted molar refractivity (Wildman–Crippen MR) is 64.2 cm³/mol. The lowest BCUT2D eigenvalue weighted by molar-refractivity contribution is -0.147. The van der Waals surface area contributed by atoms with Gasteiger partial charge in [-0.3, -0.25) is 4.79 Å². The molecular formula is C12H21NO5. The number of ether oxygens (including phenoxy) is 2. The van der Waals surface area contributed by atoms with E-state index in [1.54, 1.807) is 12.0 Å². The van der Waals surface area contributed by atoms with Gasteiger partial charge in [-0.1, -0.05) is 0 Å². The third-order valence-corrected chi connectivity index (χ3v) is 3.10. The number of nitrogens with zero attached hydrogens (tertiary/aromatic N) is 1. The Morgan fingerprint density at radius 3 is 2.56 bits per heavy atom. The molecule has 0 heterocycles. The molecule has 0 saturated heterocycles. The number of carboxylic acid groups (broad SMARTS) is 1. The molecule has 0 radical (unpaired) electrons. The third kappa shape index (κ3) is 5.01. The van der Waals surface area contributed by atoms with Crippen molar-refractivity contribution in [2.24, 2.45) is 5.92 Å². The highest BCUT2D eigenvalue weighted by molar-refractivity contribution is 5.78. The molecule has 104 valence electrons. The molecule has 0 aromatic carbocycles. The van der Waals surface area contributed by atoms with Crippen LogP contribution in [0.1, 0.15) is 19.8 Å². The Morgan fingerprint density at radius 1 is 1.39 bits per heavy atom. The van der Waals surface area contributed by atoms with Gasteiger partial charge in [0.2, 0.25) is 5.91 Å². The van der Waals surface area contributed by atoms with Crippen molar-refractivity contribution in [3.05, 3.63) is 0 Å². The number of carboxylic acids is 1. The number of amides is 1. The van der Waals surface area contributed by atoms with E-state index in [1.807, 2.05) is 6.92 Å². The highest BCUT2D eigenvalue weighted by atomic mass is 16.5. The minimum absolute atomic E-state index is 0.168. The van der Waals surface area contributed by atoms with Gasteiger partial charge in [-0.15, -0.1) is 0 Å². The average molecular weight is 259 g/mol. The summed E-state index contributed by atoms with van der Waals surface area (Å²) in [5, 5.41) is 8.44. The van der Waals surface area contributed by atoms with Gasteiger partial charge in [0.15, 0.2) is 0 Å². The van der Waals surface area contributed by atoms with Crippen molar-refractivity contribution in [3.8, 4) is 0 Å². The van der Waals surface area contributed by atoms with Crippen molar-refractivity contribution < 1.29 is 24.2 Å². The fraction of sp³-hybridized carbons (Fsp3) is 0.833. The Labute approximate surface area is 107 Å². The van der Waals surface area contributed by atoms with Gasteiger partial charge >= 0.3 is 5.97 Å². The minimum Gasteiger partial charge on any atom is -0.480 e. The number of rotatable bonds is 9. The molecule has 6 heteroatoms. The molecule has 0 aliphatic heterocycles. The maximum atomic E-state index is 12.0. The van der Waals surface area contributed by atoms with Crippen LogP contribution in [0.2, 0.25) is 0 Å². The van der Waals surface area contributed by atoms with Gasteiger partial charge in [-0.05, 0) is 25.7 Å². The van der Waals surface area contributed by atoms with E-state index in [1.165, 1.54) is 0 Å². The SMILES string of the molecule is COCCN(C(=O)COCC(=O)O)C(C)C1CC1. The first-order chi connectivity index (χ1) is 8.56. The smallest absolute Gasteiger partial charge is 0.329 e. The van der Waals surface area contributed by atoms with Gasteiger partial charge < -0.3 is 19.5 Å². The monoisotopic (exact) mass is 259 g/mol. The van der Waals surface area contributed by atoms with E-state index in [9.17, 15) is 9.59 Å². The van der Waals surface area contributed by atoms with Crippen LogP contribution in [0.25, 0.3) is 0 Å². The standard InChI is InChI=1S/C12H21NO5/c1-9(10-3-4-10)13(5-6-17-2)11(14)7-18-8-12(15)16/h9-10H,3-8H2,1-2H3,(H,15,16). The summed E-state index contributed by atoms with van der Waals surface area (Å²) in [5.74, 6) is -0.681. The zero-order valence-corrected chi connectivity index (χ0v) is 10.9. The maximum absolute atomic E-state index is 12.0. The fourth-order valence-electron chi connectivity index (χ4n) is 1.89. The fourth-order valence-corrected chi connectivity index (χ4v) is 1.89. The molecule has 1 fully saturated rings. The van der Waals surface area contributed by atoms with E-state index in [0.29, 0.717) is 19.1 Å². The summed E-state index contributed by atoms with van der Waals surface area (Å²) in [6.07, 6.45) is 2.29. The summed E-state index contributed by atoms with van der Waals surface area (Å²) < 4.78 is 9.82. The van der Waals surface area contributed by atoms with Crippen LogP contribution in [0.4, 0.5) is 0 Å². The number of carbonyl (C=O) groups excluding carboxylic acids is 1. The second-order valence-electron chi connectivity index (χ2n) is 4.54. The molecule has 1 rings (SSSR count). The van der Waals surface area contributed by atoms with Gasteiger partial charge in [0, 0.05) is 19.7 Å². The van der Waals surface area contributed by atoms with E-state index < -0.39 is 12.6 Å². The van der Waals surface area contributed by atoms with Crippen molar-refractivity contribution in [2.45, 2.75) is 25.8 Å². The number of aliphatic carboxylic acids is 1. The molecule has 1 aliphatic rings. The van der Waals surface area contributed by atoms with E-state index >= 15 is 0 Å². The van der Waals surface area contributed by atoms with Crippen molar-refractivity contribution in [2.75, 3.05) is 33.5 Å². The zero-order chi connectivity index (χ0) is 13.5. The molecule has 6 nitrogen and oxygen atoms in total. The summed E-state index contributed by atoms with van der Waals surface area (Å²) in [4.78, 5) is 24.0. The van der Waals surface area contributed by atoms with Crippen LogP contribution < -0.4 is 0 Å². The number of hydrogen-bond acceptors (Lipinski definition) is 4. The van der Waals surface area contributed by atoms with Crippen LogP contribution in [-0.4, -0.2) is 61.4 Å². The van der Waals surface area contributed by atoms with Crippen molar-refractivity contribution in [1.29, 1.82) is 0 Å². The number of carbonyl (C=O) groups is 2. The summed E-state index contributed by atoms with van der Waals surface area (Å²) in [6, 6.07) is 0.168. The Morgan fingerprint density at radius 2 is 2.06 bits per heavy atom. The van der Waals surface area contributed by atoms with Crippen LogP contribution in [0.5, 0.6) is 0 Å². The molecule has 1 saturated carbocycles. The first kappa shape index (κ1) is 14.9. The largest absolute Gasteiger partial charge is 0.480 e. The van der Waals surface area contributed by atoms with Gasteiger partial charge in [-0.2, -0.15) is 0 Å². The summed E-state index contributed by atoms with van der Waals surface area (Å²) >= 11 is 0. The maximum Gasteiger partial charge on any atom is 0.329 e. The Balaban J connectivity index is 2.41. The van der Waals surface area contributed by atoms with Gasteiger partial charge in [0.25, 0.3) is 0 Å². The second kappa shape index (κ2) is 7.33. The van der Waals surface area contributed by atoms with E-state index in [4.69, 9.17) is 14.6 Å². The number of methoxy groups -OCH3 is 1. The Kier molecular flexibility index (Phi) is 6.07. The predicted octanol–water partition coefficient (Wildman–Crippen LogP) is 0.361. The Bertz CT molecular complexity index is 290. The van der Waals surface area contributed by atoms with Gasteiger partial charge in [-0.25, -0.2) is 4.79 Å². The summed E-state index contributed by atoms with van der Waals surface area (Å²) in [6.45, 7) is 2.38. The van der Waals surface area contributed by atoms with Crippen molar-refractivity contribution in [3.63, 3.8) is 0 Å². The molecule has 0 aromatic heterocycles. The minimum atomic E-state index is -1.07. The summed E-state index contributed by atoms with van der Waals surface area (Å²) in [5.41, 5.74) is 0. The second-order valence-corrected chi connectivity index (χ2v) is 4.54. The molecule has 0 bridgehead atoms. The topological polar surface area (TPSA) is 76.1 Å². The number of hydrogen-bond donors (Lipinski definition) is 1. The van der Waals surface area contributed by atoms with E-state index in [-0.39, 0.29) is 18.6 Å². The van der Waals surface area contributed by atoms with E-state index in [2.05, 4.69) is 0 Å². The molecule has 1 amide bonds. The lowest BCUT2D eigenvalue weighted by Gasteiger charge is -2.29. The molecule has 18 heavy (non-hydrogen) atoms. The molecule has 1 N–H and O–H groups in total. The molecule has 0 spiro atoms. The van der Waals surface area contributed by atoms with Gasteiger partial charge in [0.1, 0.15) is 13.2 Å². The first-order valence-electron chi connectivity index (χ1n) is 6.14. The van der Waals surface area contributed by atoms with Gasteiger partial charge in [0.05, 0.1) is 6.61 Å². The van der Waals surface area contributed by atoms with Crippen molar-refractivity contribution in [1.82, 2.24) is 4.90 Å². The zero-order valence-electron chi connectivity index (χ0n) is 10.9. The molecule has 0 aromatic rings. The lowest BCUT2D eigenvalue weighted by Crippen LogP contribution is -2.44. The van der Waals surface area contributed by atoms with Crippen LogP contribution in [0.15, 0.2) is 0 Å². The van der Waals surface area contributed by atoms with Crippen LogP contribution in [0, 0.1) is 5.92 Å². The summed E-state index contributed by atoms with van der Waals surface area (Å²) in [7, 11) is 1.59. The van der Waals surface area contributed by atoms with Crippen LogP contribution >= 0.6 is 0 Å². The first-order valence-corrected chi connectivity index (χ1v) is 6.14. The third-order valence-electron chi connectivity index (χ3n) is 3.10. The lowest BCUT2D eigenvalue weighted by atomic mass is 10.2.